The van der Waals surface area contributed by atoms with Crippen LogP contribution in [0.3, 0.4) is 0 Å². The quantitative estimate of drug-likeness (QED) is 0.369. The summed E-state index contributed by atoms with van der Waals surface area (Å²) in [5.74, 6) is 1.62. The summed E-state index contributed by atoms with van der Waals surface area (Å²) in [6.45, 7) is 2.13. The number of ketones is 1. The number of benzene rings is 1. The second-order valence-corrected chi connectivity index (χ2v) is 8.17. The van der Waals surface area contributed by atoms with Crippen molar-refractivity contribution in [1.82, 2.24) is 0 Å². The van der Waals surface area contributed by atoms with Crippen molar-refractivity contribution in [2.75, 3.05) is 0 Å². The number of carbonyl (C=O) groups is 2. The Morgan fingerprint density at radius 3 is 2.50 bits per heavy atom. The zero-order valence-corrected chi connectivity index (χ0v) is 15.4. The Kier molecular flexibility index (Phi) is 4.94. The number of hydrogen-bond donors (Lipinski definition) is 1. The van der Waals surface area contributed by atoms with Gasteiger partial charge >= 0.3 is 11.8 Å². The minimum Gasteiger partial charge on any atom is -0.274 e. The van der Waals surface area contributed by atoms with Crippen LogP contribution in [0.4, 0.5) is 0 Å². The van der Waals surface area contributed by atoms with Crippen molar-refractivity contribution in [3.05, 3.63) is 47.5 Å². The van der Waals surface area contributed by atoms with E-state index in [1.54, 1.807) is 29.7 Å². The van der Waals surface area contributed by atoms with Crippen LogP contribution in [-0.4, -0.2) is 17.8 Å². The lowest BCUT2D eigenvalue weighted by Crippen LogP contribution is -2.90. The second kappa shape index (κ2) is 7.36. The molecule has 3 aliphatic rings. The normalized spacial score (nSPS) is 28.4. The van der Waals surface area contributed by atoms with Gasteiger partial charge < -0.3 is 0 Å². The van der Waals surface area contributed by atoms with Crippen LogP contribution in [-0.2, 0) is 4.84 Å². The van der Waals surface area contributed by atoms with Crippen LogP contribution in [0.25, 0.3) is 0 Å². The second-order valence-electron chi connectivity index (χ2n) is 8.17. The first-order valence-electron chi connectivity index (χ1n) is 10.0. The molecule has 4 atom stereocenters. The first kappa shape index (κ1) is 17.5. The first-order chi connectivity index (χ1) is 12.6. The number of quaternary nitrogens is 1. The van der Waals surface area contributed by atoms with Gasteiger partial charge in [0, 0.05) is 5.92 Å². The van der Waals surface area contributed by atoms with Crippen LogP contribution in [0.15, 0.2) is 36.4 Å². The van der Waals surface area contributed by atoms with Crippen LogP contribution in [0.5, 0.6) is 0 Å². The van der Waals surface area contributed by atoms with Gasteiger partial charge in [0.15, 0.2) is 0 Å². The van der Waals surface area contributed by atoms with E-state index in [1.807, 2.05) is 0 Å². The van der Waals surface area contributed by atoms with Gasteiger partial charge in [-0.1, -0.05) is 31.4 Å². The molecule has 0 amide bonds. The van der Waals surface area contributed by atoms with Gasteiger partial charge in [-0.05, 0) is 62.3 Å². The van der Waals surface area contributed by atoms with Crippen LogP contribution in [0.1, 0.15) is 66.2 Å². The smallest absolute Gasteiger partial charge is 0.274 e. The van der Waals surface area contributed by atoms with Gasteiger partial charge in [-0.15, -0.1) is 0 Å². The van der Waals surface area contributed by atoms with Crippen LogP contribution in [0.2, 0.25) is 0 Å². The number of hydroxylamine groups is 1. The Morgan fingerprint density at radius 2 is 1.85 bits per heavy atom. The van der Waals surface area contributed by atoms with E-state index in [0.29, 0.717) is 34.9 Å². The topological polar surface area (TPSA) is 62.8 Å². The van der Waals surface area contributed by atoms with Crippen molar-refractivity contribution in [3.63, 3.8) is 0 Å². The summed E-state index contributed by atoms with van der Waals surface area (Å²) in [5.41, 5.74) is 2.91. The van der Waals surface area contributed by atoms with Crippen molar-refractivity contribution in [2.45, 2.75) is 51.5 Å². The lowest BCUT2D eigenvalue weighted by atomic mass is 9.85. The Labute approximate surface area is 155 Å². The number of rotatable bonds is 6. The molecule has 0 heterocycles. The van der Waals surface area contributed by atoms with Crippen molar-refractivity contribution >= 4 is 11.8 Å². The zero-order chi connectivity index (χ0) is 18.1. The van der Waals surface area contributed by atoms with Gasteiger partial charge in [-0.3, -0.25) is 4.84 Å². The lowest BCUT2D eigenvalue weighted by Gasteiger charge is -2.24. The van der Waals surface area contributed by atoms with E-state index in [0.717, 1.165) is 6.42 Å². The number of nitrogens with two attached hydrogens (primary N) is 1. The maximum atomic E-state index is 12.5. The molecule has 0 aromatic heterocycles. The molecule has 1 aromatic carbocycles. The third-order valence-corrected chi connectivity index (χ3v) is 6.49. The largest absolute Gasteiger partial charge is 0.478 e. The minimum atomic E-state index is -0.335. The van der Waals surface area contributed by atoms with E-state index in [9.17, 15) is 9.59 Å². The van der Waals surface area contributed by atoms with E-state index in [4.69, 9.17) is 4.84 Å². The standard InChI is InChI=1S/C22H27NO3/c1-14(15-6-3-2-4-7-15)23-26-22(25)17-12-10-16(11-13-17)21(24)20-18-8-5-9-19(18)20/h5,8,10-15,18-20,23H,2-4,6-7,9H2,1H3/q+1/p+1/t14-,18-,19+,20-/m1/s1. The molecule has 137 valence electrons. The molecule has 4 nitrogen and oxygen atoms in total. The van der Waals surface area contributed by atoms with Gasteiger partial charge in [0.25, 0.3) is 0 Å². The maximum Gasteiger partial charge on any atom is 0.478 e. The highest BCUT2D eigenvalue weighted by atomic mass is 16.7. The summed E-state index contributed by atoms with van der Waals surface area (Å²) in [6.07, 6.45) is 11.7. The van der Waals surface area contributed by atoms with E-state index in [1.165, 1.54) is 32.1 Å². The minimum absolute atomic E-state index is 0.155. The summed E-state index contributed by atoms with van der Waals surface area (Å²) >= 11 is 0. The Hall–Kier alpha value is -1.94. The summed E-state index contributed by atoms with van der Waals surface area (Å²) in [4.78, 5) is 30.2. The van der Waals surface area contributed by atoms with E-state index < -0.39 is 0 Å². The third-order valence-electron chi connectivity index (χ3n) is 6.49. The summed E-state index contributed by atoms with van der Waals surface area (Å²) in [6, 6.07) is 7.25. The molecular weight excluding hydrogens is 326 g/mol. The summed E-state index contributed by atoms with van der Waals surface area (Å²) in [7, 11) is 0. The highest BCUT2D eigenvalue weighted by molar-refractivity contribution is 6.01. The molecule has 2 saturated carbocycles. The fraction of sp³-hybridized carbons (Fsp3) is 0.545. The van der Waals surface area contributed by atoms with Crippen molar-refractivity contribution in [1.29, 1.82) is 0 Å². The molecule has 0 bridgehead atoms. The molecule has 0 unspecified atom stereocenters. The van der Waals surface area contributed by atoms with Crippen molar-refractivity contribution in [2.24, 2.45) is 23.7 Å². The average Bonchev–Trinajstić information content (AvgIpc) is 3.17. The Morgan fingerprint density at radius 1 is 1.15 bits per heavy atom. The fourth-order valence-electron chi connectivity index (χ4n) is 4.70. The SMILES string of the molecule is C[C@@H]([NH2+]OC(=O)c1ccc(C(=[O+])[C@@H]2[C@@H]3C=CC[C@@H]32)cc1)C1CCCCC1. The number of allylic oxidation sites excluding steroid dienone is 2. The average molecular weight is 354 g/mol. The van der Waals surface area contributed by atoms with E-state index >= 15 is 0 Å². The van der Waals surface area contributed by atoms with Gasteiger partial charge in [0.2, 0.25) is 4.79 Å². The monoisotopic (exact) mass is 354 g/mol. The predicted molar refractivity (Wildman–Crippen MR) is 98.4 cm³/mol. The molecule has 4 heteroatoms. The maximum absolute atomic E-state index is 12.5. The predicted octanol–water partition coefficient (Wildman–Crippen LogP) is 3.30. The molecule has 0 aliphatic heterocycles. The highest BCUT2D eigenvalue weighted by Gasteiger charge is 2.60. The van der Waals surface area contributed by atoms with Gasteiger partial charge in [0.05, 0.1) is 17.0 Å². The highest BCUT2D eigenvalue weighted by Crippen LogP contribution is 2.54. The first-order valence-corrected chi connectivity index (χ1v) is 10.0. The van der Waals surface area contributed by atoms with Crippen LogP contribution >= 0.6 is 0 Å². The van der Waals surface area contributed by atoms with Gasteiger partial charge in [0.1, 0.15) is 6.04 Å². The molecule has 4 rings (SSSR count). The van der Waals surface area contributed by atoms with E-state index in [-0.39, 0.29) is 17.7 Å². The Bertz CT molecular complexity index is 703. The van der Waals surface area contributed by atoms with Gasteiger partial charge in [-0.2, -0.15) is 5.48 Å². The van der Waals surface area contributed by atoms with Gasteiger partial charge in [-0.25, -0.2) is 4.79 Å². The van der Waals surface area contributed by atoms with Crippen molar-refractivity contribution < 1.29 is 19.9 Å². The summed E-state index contributed by atoms with van der Waals surface area (Å²) < 4.78 is 0. The molecule has 3 aliphatic carbocycles. The van der Waals surface area contributed by atoms with E-state index in [2.05, 4.69) is 19.1 Å². The molecular formula is C22H28NO3+2. The third kappa shape index (κ3) is 3.48. The fourth-order valence-corrected chi connectivity index (χ4v) is 4.70. The zero-order valence-electron chi connectivity index (χ0n) is 15.4. The molecule has 0 saturated heterocycles. The number of carbonyl (C=O) groups excluding carboxylic acids is 2. The number of fused-ring (bicyclic) bond motifs is 1. The number of Topliss-reactive ketones (excluding diaryl/α,β-unsaturated/α-hetero) is 1. The molecule has 1 aromatic rings. The Balaban J connectivity index is 1.29. The molecule has 0 spiro atoms. The number of hydrogen-bond acceptors (Lipinski definition) is 3. The summed E-state index contributed by atoms with van der Waals surface area (Å²) in [5, 5.41) is 0. The molecule has 1 radical (unpaired) electrons. The molecule has 2 N–H and O–H groups in total. The molecule has 2 fully saturated rings. The van der Waals surface area contributed by atoms with Crippen LogP contribution < -0.4 is 5.48 Å². The van der Waals surface area contributed by atoms with Crippen molar-refractivity contribution in [3.8, 4) is 0 Å². The lowest BCUT2D eigenvalue weighted by molar-refractivity contribution is -0.896. The molecule has 26 heavy (non-hydrogen) atoms. The van der Waals surface area contributed by atoms with Crippen LogP contribution in [0, 0.1) is 23.7 Å².